The van der Waals surface area contributed by atoms with Gasteiger partial charge in [0.2, 0.25) is 0 Å². The third-order valence-electron chi connectivity index (χ3n) is 4.30. The first-order valence-corrected chi connectivity index (χ1v) is 8.19. The van der Waals surface area contributed by atoms with Gasteiger partial charge in [-0.2, -0.15) is 0 Å². The van der Waals surface area contributed by atoms with E-state index in [4.69, 9.17) is 0 Å². The van der Waals surface area contributed by atoms with E-state index in [-0.39, 0.29) is 23.0 Å². The van der Waals surface area contributed by atoms with Gasteiger partial charge in [0.15, 0.2) is 11.6 Å². The molecule has 1 aliphatic heterocycles. The van der Waals surface area contributed by atoms with E-state index in [0.717, 1.165) is 18.6 Å². The monoisotopic (exact) mass is 355 g/mol. The number of amides is 1. The summed E-state index contributed by atoms with van der Waals surface area (Å²) < 4.78 is 26.6. The van der Waals surface area contributed by atoms with Crippen LogP contribution in [0, 0.1) is 11.6 Å². The van der Waals surface area contributed by atoms with E-state index >= 15 is 0 Å². The summed E-state index contributed by atoms with van der Waals surface area (Å²) in [4.78, 5) is 26.6. The Bertz CT molecular complexity index is 966. The third kappa shape index (κ3) is 3.17. The van der Waals surface area contributed by atoms with E-state index in [1.807, 2.05) is 0 Å². The standard InChI is InChI=1S/C18H15F2N5O/c19-12-7-15-16(8-13(12)20)24-17(9-22-15)23-11-4-6-25(10-11)18(26)14-3-1-2-5-21-14/h1-3,5,7-9,11H,4,6,10H2,(H,23,24). The fourth-order valence-electron chi connectivity index (χ4n) is 3.00. The second kappa shape index (κ2) is 6.62. The number of hydrogen-bond acceptors (Lipinski definition) is 5. The summed E-state index contributed by atoms with van der Waals surface area (Å²) in [6.07, 6.45) is 3.81. The molecule has 1 aliphatic rings. The van der Waals surface area contributed by atoms with Crippen LogP contribution in [-0.4, -0.2) is 44.9 Å². The molecule has 0 aliphatic carbocycles. The van der Waals surface area contributed by atoms with Gasteiger partial charge in [-0.1, -0.05) is 6.07 Å². The topological polar surface area (TPSA) is 71.0 Å². The van der Waals surface area contributed by atoms with Gasteiger partial charge in [0, 0.05) is 37.5 Å². The Kier molecular flexibility index (Phi) is 4.16. The summed E-state index contributed by atoms with van der Waals surface area (Å²) in [5.41, 5.74) is 0.970. The predicted molar refractivity (Wildman–Crippen MR) is 91.6 cm³/mol. The molecule has 0 saturated carbocycles. The van der Waals surface area contributed by atoms with Gasteiger partial charge in [-0.25, -0.2) is 13.8 Å². The van der Waals surface area contributed by atoms with Crippen molar-refractivity contribution in [3.05, 3.63) is 60.1 Å². The highest BCUT2D eigenvalue weighted by molar-refractivity contribution is 5.92. The summed E-state index contributed by atoms with van der Waals surface area (Å²) in [5.74, 6) is -1.57. The minimum Gasteiger partial charge on any atom is -0.364 e. The smallest absolute Gasteiger partial charge is 0.272 e. The second-order valence-electron chi connectivity index (χ2n) is 6.11. The molecule has 132 valence electrons. The fraction of sp³-hybridized carbons (Fsp3) is 0.222. The zero-order valence-corrected chi connectivity index (χ0v) is 13.7. The van der Waals surface area contributed by atoms with Crippen LogP contribution < -0.4 is 5.32 Å². The molecule has 3 heterocycles. The Balaban J connectivity index is 1.46. The number of nitrogens with zero attached hydrogens (tertiary/aromatic N) is 4. The molecule has 26 heavy (non-hydrogen) atoms. The molecule has 4 rings (SSSR count). The summed E-state index contributed by atoms with van der Waals surface area (Å²) in [5, 5.41) is 3.20. The zero-order valence-electron chi connectivity index (χ0n) is 13.7. The lowest BCUT2D eigenvalue weighted by molar-refractivity contribution is 0.0786. The largest absolute Gasteiger partial charge is 0.364 e. The minimum atomic E-state index is -0.961. The molecule has 1 fully saturated rings. The lowest BCUT2D eigenvalue weighted by Crippen LogP contribution is -2.32. The van der Waals surface area contributed by atoms with Crippen molar-refractivity contribution in [3.63, 3.8) is 0 Å². The number of halogens is 2. The van der Waals surface area contributed by atoms with Crippen LogP contribution in [0.1, 0.15) is 16.9 Å². The van der Waals surface area contributed by atoms with Gasteiger partial charge >= 0.3 is 0 Å². The molecule has 3 aromatic rings. The van der Waals surface area contributed by atoms with Crippen LogP contribution >= 0.6 is 0 Å². The Hall–Kier alpha value is -3.16. The van der Waals surface area contributed by atoms with Crippen LogP contribution in [0.4, 0.5) is 14.6 Å². The van der Waals surface area contributed by atoms with Crippen molar-refractivity contribution >= 4 is 22.8 Å². The summed E-state index contributed by atoms with van der Waals surface area (Å²) in [6.45, 7) is 1.11. The van der Waals surface area contributed by atoms with Gasteiger partial charge in [-0.05, 0) is 18.6 Å². The molecule has 1 saturated heterocycles. The van der Waals surface area contributed by atoms with Crippen molar-refractivity contribution < 1.29 is 13.6 Å². The average molecular weight is 355 g/mol. The quantitative estimate of drug-likeness (QED) is 0.782. The molecule has 0 bridgehead atoms. The van der Waals surface area contributed by atoms with Gasteiger partial charge in [0.05, 0.1) is 17.2 Å². The normalized spacial score (nSPS) is 16.8. The van der Waals surface area contributed by atoms with Gasteiger partial charge in [0.1, 0.15) is 11.5 Å². The van der Waals surface area contributed by atoms with Crippen molar-refractivity contribution in [2.45, 2.75) is 12.5 Å². The Morgan fingerprint density at radius 2 is 1.96 bits per heavy atom. The van der Waals surface area contributed by atoms with E-state index < -0.39 is 11.6 Å². The number of fused-ring (bicyclic) bond motifs is 1. The van der Waals surface area contributed by atoms with Gasteiger partial charge < -0.3 is 10.2 Å². The van der Waals surface area contributed by atoms with E-state index in [2.05, 4.69) is 20.3 Å². The highest BCUT2D eigenvalue weighted by Crippen LogP contribution is 2.19. The molecule has 2 aromatic heterocycles. The van der Waals surface area contributed by atoms with Crippen LogP contribution in [0.5, 0.6) is 0 Å². The number of benzene rings is 1. The second-order valence-corrected chi connectivity index (χ2v) is 6.11. The molecule has 1 atom stereocenters. The van der Waals surface area contributed by atoms with E-state index in [1.54, 1.807) is 29.3 Å². The average Bonchev–Trinajstić information content (AvgIpc) is 3.11. The van der Waals surface area contributed by atoms with Gasteiger partial charge in [-0.3, -0.25) is 14.8 Å². The number of hydrogen-bond donors (Lipinski definition) is 1. The molecule has 1 amide bonds. The first kappa shape index (κ1) is 16.3. The van der Waals surface area contributed by atoms with Crippen LogP contribution in [0.15, 0.2) is 42.7 Å². The number of rotatable bonds is 3. The SMILES string of the molecule is O=C(c1ccccn1)N1CCC(Nc2cnc3cc(F)c(F)cc3n2)C1. The number of carbonyl (C=O) groups excluding carboxylic acids is 1. The highest BCUT2D eigenvalue weighted by Gasteiger charge is 2.27. The fourth-order valence-corrected chi connectivity index (χ4v) is 3.00. The van der Waals surface area contributed by atoms with Crippen LogP contribution in [0.25, 0.3) is 11.0 Å². The predicted octanol–water partition coefficient (Wildman–Crippen LogP) is 2.63. The number of aromatic nitrogens is 3. The molecular formula is C18H15F2N5O. The zero-order chi connectivity index (χ0) is 18.1. The lowest BCUT2D eigenvalue weighted by Gasteiger charge is -2.17. The Morgan fingerprint density at radius 3 is 2.73 bits per heavy atom. The third-order valence-corrected chi connectivity index (χ3v) is 4.30. The van der Waals surface area contributed by atoms with Crippen molar-refractivity contribution in [1.29, 1.82) is 0 Å². The molecule has 1 aromatic carbocycles. The van der Waals surface area contributed by atoms with Crippen LogP contribution in [0.2, 0.25) is 0 Å². The van der Waals surface area contributed by atoms with Crippen molar-refractivity contribution in [2.75, 3.05) is 18.4 Å². The maximum absolute atomic E-state index is 13.4. The van der Waals surface area contributed by atoms with Crippen LogP contribution in [-0.2, 0) is 0 Å². The van der Waals surface area contributed by atoms with E-state index in [0.29, 0.717) is 24.6 Å². The molecule has 1 unspecified atom stereocenters. The molecule has 0 radical (unpaired) electrons. The highest BCUT2D eigenvalue weighted by atomic mass is 19.2. The number of anilines is 1. The van der Waals surface area contributed by atoms with Crippen molar-refractivity contribution in [3.8, 4) is 0 Å². The maximum Gasteiger partial charge on any atom is 0.272 e. The minimum absolute atomic E-state index is 0.000271. The summed E-state index contributed by atoms with van der Waals surface area (Å²) >= 11 is 0. The Labute approximate surface area is 147 Å². The summed E-state index contributed by atoms with van der Waals surface area (Å²) in [6, 6.07) is 7.26. The van der Waals surface area contributed by atoms with Crippen LogP contribution in [0.3, 0.4) is 0 Å². The Morgan fingerprint density at radius 1 is 1.15 bits per heavy atom. The molecular weight excluding hydrogens is 340 g/mol. The number of carbonyl (C=O) groups is 1. The molecule has 0 spiro atoms. The molecule has 8 heteroatoms. The van der Waals surface area contributed by atoms with Gasteiger partial charge in [-0.15, -0.1) is 0 Å². The van der Waals surface area contributed by atoms with E-state index in [1.165, 1.54) is 6.20 Å². The first-order valence-electron chi connectivity index (χ1n) is 8.19. The first-order chi connectivity index (χ1) is 12.6. The van der Waals surface area contributed by atoms with Gasteiger partial charge in [0.25, 0.3) is 5.91 Å². The molecule has 6 nitrogen and oxygen atoms in total. The van der Waals surface area contributed by atoms with E-state index in [9.17, 15) is 13.6 Å². The molecule has 1 N–H and O–H groups in total. The number of likely N-dealkylation sites (tertiary alicyclic amines) is 1. The van der Waals surface area contributed by atoms with Crippen molar-refractivity contribution in [1.82, 2.24) is 19.9 Å². The maximum atomic E-state index is 13.4. The van der Waals surface area contributed by atoms with Crippen molar-refractivity contribution in [2.24, 2.45) is 0 Å². The number of nitrogens with one attached hydrogen (secondary N) is 1. The summed E-state index contributed by atoms with van der Waals surface area (Å²) in [7, 11) is 0. The number of pyridine rings is 1. The lowest BCUT2D eigenvalue weighted by atomic mass is 10.2.